The minimum absolute atomic E-state index is 0.303. The van der Waals surface area contributed by atoms with Gasteiger partial charge in [-0.2, -0.15) is 22.4 Å². The van der Waals surface area contributed by atoms with Gasteiger partial charge < -0.3 is 0 Å². The van der Waals surface area contributed by atoms with Crippen molar-refractivity contribution in [1.82, 2.24) is 0 Å². The molecule has 0 saturated carbocycles. The quantitative estimate of drug-likeness (QED) is 0.365. The van der Waals surface area contributed by atoms with Gasteiger partial charge in [0, 0.05) is 7.74 Å². The third kappa shape index (κ3) is 13.4. The normalized spacial score (nSPS) is 6.50. The third-order valence-corrected chi connectivity index (χ3v) is 0. The summed E-state index contributed by atoms with van der Waals surface area (Å²) in [4.78, 5) is 0. The van der Waals surface area contributed by atoms with Gasteiger partial charge in [-0.3, -0.25) is 0 Å². The van der Waals surface area contributed by atoms with Crippen LogP contribution in [0.15, 0.2) is 0 Å². The van der Waals surface area contributed by atoms with E-state index in [9.17, 15) is 0 Å². The van der Waals surface area contributed by atoms with Crippen molar-refractivity contribution in [2.75, 3.05) is 0 Å². The summed E-state index contributed by atoms with van der Waals surface area (Å²) in [5.41, 5.74) is 0. The molecule has 0 unspecified atom stereocenters. The Morgan fingerprint density at radius 2 is 2.00 bits per heavy atom. The van der Waals surface area contributed by atoms with Crippen LogP contribution >= 0.6 is 22.4 Å². The van der Waals surface area contributed by atoms with E-state index in [0.29, 0.717) is 4.46 Å². The fourth-order valence-corrected chi connectivity index (χ4v) is 0. The second-order valence-corrected chi connectivity index (χ2v) is 2.64. The van der Waals surface area contributed by atoms with Gasteiger partial charge in [-0.05, 0) is 0 Å². The summed E-state index contributed by atoms with van der Waals surface area (Å²) in [6.45, 7) is 1.93. The van der Waals surface area contributed by atoms with Gasteiger partial charge in [-0.1, -0.05) is 6.82 Å². The van der Waals surface area contributed by atoms with Gasteiger partial charge in [0.2, 0.25) is 0 Å². The summed E-state index contributed by atoms with van der Waals surface area (Å²) in [6.07, 6.45) is 0. The van der Waals surface area contributed by atoms with Crippen molar-refractivity contribution < 1.29 is 0 Å². The molecular formula is CH3B2I. The molecule has 0 aliphatic rings. The highest BCUT2D eigenvalue weighted by molar-refractivity contribution is 14.1. The maximum Gasteiger partial charge on any atom is 0.164 e. The number of rotatable bonds is 0. The van der Waals surface area contributed by atoms with Gasteiger partial charge >= 0.3 is 0 Å². The first kappa shape index (κ1) is 4.86. The lowest BCUT2D eigenvalue weighted by atomic mass is 9.58. The van der Waals surface area contributed by atoms with E-state index in [0.717, 1.165) is 0 Å². The standard InChI is InChI=1S/CH3B2I/c1-3(2)4/h1H3. The maximum atomic E-state index is 5.10. The fraction of sp³-hybridized carbons (Fsp3) is 1.00. The Bertz CT molecular complexity index is 10.8. The Balaban J connectivity index is 2.32. The van der Waals surface area contributed by atoms with Gasteiger partial charge in [0.15, 0.2) is 4.46 Å². The smallest absolute Gasteiger partial charge is 0.162 e. The number of hydrogen-bond donors (Lipinski definition) is 0. The molecule has 4 heavy (non-hydrogen) atoms. The molecule has 0 spiro atoms. The molecule has 0 nitrogen and oxygen atoms in total. The molecular weight excluding hydrogens is 161 g/mol. The third-order valence-electron chi connectivity index (χ3n) is 0. The molecule has 0 aliphatic heterocycles. The Hall–Kier alpha value is 0.860. The minimum atomic E-state index is 0.303. The monoisotopic (exact) mass is 164 g/mol. The molecule has 0 rings (SSSR count). The van der Waals surface area contributed by atoms with Crippen molar-refractivity contribution in [1.29, 1.82) is 0 Å². The zero-order valence-electron chi connectivity index (χ0n) is 2.53. The molecule has 2 radical (unpaired) electrons. The average Bonchev–Trinajstić information content (AvgIpc) is 0.811. The lowest BCUT2D eigenvalue weighted by Crippen LogP contribution is -1.88. The molecule has 3 heteroatoms. The van der Waals surface area contributed by atoms with E-state index in [1.165, 1.54) is 0 Å². The molecule has 0 amide bonds. The van der Waals surface area contributed by atoms with Crippen LogP contribution in [0.2, 0.25) is 6.82 Å². The first-order valence-electron chi connectivity index (χ1n) is 1.13. The van der Waals surface area contributed by atoms with E-state index in [-0.39, 0.29) is 0 Å². The average molecular weight is 164 g/mol. The van der Waals surface area contributed by atoms with E-state index < -0.39 is 0 Å². The highest BCUT2D eigenvalue weighted by atomic mass is 127. The van der Waals surface area contributed by atoms with Crippen LogP contribution in [0.25, 0.3) is 0 Å². The molecule has 0 aromatic carbocycles. The van der Waals surface area contributed by atoms with Crippen molar-refractivity contribution in [2.24, 2.45) is 0 Å². The second kappa shape index (κ2) is 2.12. The Labute approximate surface area is 41.7 Å². The van der Waals surface area contributed by atoms with Crippen molar-refractivity contribution >= 4 is 34.6 Å². The predicted octanol–water partition coefficient (Wildman–Crippen LogP) is 0.708. The highest BCUT2D eigenvalue weighted by Gasteiger charge is 1.79. The summed E-state index contributed by atoms with van der Waals surface area (Å²) < 4.78 is 0.303. The van der Waals surface area contributed by atoms with E-state index in [4.69, 9.17) is 7.74 Å². The molecule has 0 heterocycles. The van der Waals surface area contributed by atoms with Crippen molar-refractivity contribution in [3.63, 3.8) is 0 Å². The summed E-state index contributed by atoms with van der Waals surface area (Å²) in [5, 5.41) is 0. The lowest BCUT2D eigenvalue weighted by molar-refractivity contribution is 2.36. The molecule has 0 aliphatic carbocycles. The first-order valence-corrected chi connectivity index (χ1v) is 2.37. The van der Waals surface area contributed by atoms with E-state index in [1.54, 1.807) is 0 Å². The minimum Gasteiger partial charge on any atom is -0.162 e. The number of halogens is 1. The molecule has 0 fully saturated rings. The largest absolute Gasteiger partial charge is 0.164 e. The van der Waals surface area contributed by atoms with Gasteiger partial charge in [0.1, 0.15) is 0 Å². The van der Waals surface area contributed by atoms with Crippen LogP contribution in [-0.4, -0.2) is 12.2 Å². The lowest BCUT2D eigenvalue weighted by Gasteiger charge is -1.69. The zero-order chi connectivity index (χ0) is 3.58. The highest BCUT2D eigenvalue weighted by Crippen LogP contribution is 1.80. The number of hydrogen-bond acceptors (Lipinski definition) is 0. The Morgan fingerprint density at radius 1 is 2.00 bits per heavy atom. The van der Waals surface area contributed by atoms with Gasteiger partial charge in [0.25, 0.3) is 0 Å². The van der Waals surface area contributed by atoms with E-state index in [2.05, 4.69) is 22.4 Å². The van der Waals surface area contributed by atoms with Gasteiger partial charge in [-0.25, -0.2) is 0 Å². The van der Waals surface area contributed by atoms with E-state index in [1.807, 2.05) is 6.82 Å². The molecule has 0 aromatic heterocycles. The van der Waals surface area contributed by atoms with Crippen LogP contribution in [0.5, 0.6) is 0 Å². The predicted molar refractivity (Wildman–Crippen MR) is 31.4 cm³/mol. The zero-order valence-corrected chi connectivity index (χ0v) is 4.69. The van der Waals surface area contributed by atoms with Crippen LogP contribution in [0, 0.1) is 0 Å². The maximum absolute atomic E-state index is 5.10. The summed E-state index contributed by atoms with van der Waals surface area (Å²) in [7, 11) is 5.10. The molecule has 0 atom stereocenters. The van der Waals surface area contributed by atoms with Crippen LogP contribution in [-0.2, 0) is 0 Å². The molecule has 20 valence electrons. The summed E-state index contributed by atoms with van der Waals surface area (Å²) in [6, 6.07) is 0. The van der Waals surface area contributed by atoms with Gasteiger partial charge in [-0.15, -0.1) is 0 Å². The summed E-state index contributed by atoms with van der Waals surface area (Å²) >= 11 is 2.12. The first-order chi connectivity index (χ1) is 1.73. The van der Waals surface area contributed by atoms with Crippen molar-refractivity contribution in [3.05, 3.63) is 0 Å². The Morgan fingerprint density at radius 3 is 2.00 bits per heavy atom. The summed E-state index contributed by atoms with van der Waals surface area (Å²) in [5.74, 6) is 0. The van der Waals surface area contributed by atoms with Crippen molar-refractivity contribution in [3.8, 4) is 0 Å². The fourth-order valence-electron chi connectivity index (χ4n) is 0. The van der Waals surface area contributed by atoms with Crippen molar-refractivity contribution in [2.45, 2.75) is 6.82 Å². The van der Waals surface area contributed by atoms with Crippen LogP contribution < -0.4 is 0 Å². The molecule has 0 aromatic rings. The van der Waals surface area contributed by atoms with Crippen LogP contribution in [0.3, 0.4) is 0 Å². The Kier molecular flexibility index (Phi) is 2.57. The molecule has 0 N–H and O–H groups in total. The molecule has 0 bridgehead atoms. The molecule has 0 saturated heterocycles. The second-order valence-electron chi connectivity index (χ2n) is 0.678. The van der Waals surface area contributed by atoms with Crippen LogP contribution in [0.1, 0.15) is 0 Å². The SMILES string of the molecule is [B]B(C)I. The topological polar surface area (TPSA) is 0 Å². The van der Waals surface area contributed by atoms with Crippen LogP contribution in [0.4, 0.5) is 0 Å². The van der Waals surface area contributed by atoms with Gasteiger partial charge in [0.05, 0.1) is 0 Å². The van der Waals surface area contributed by atoms with E-state index >= 15 is 0 Å².